The Morgan fingerprint density at radius 1 is 0.967 bits per heavy atom. The molecule has 0 atom stereocenters. The topological polar surface area (TPSA) is 60.0 Å². The number of guanidine groups is 1. The van der Waals surface area contributed by atoms with Crippen LogP contribution in [-0.2, 0) is 13.1 Å². The summed E-state index contributed by atoms with van der Waals surface area (Å²) in [6.07, 6.45) is 0. The lowest BCUT2D eigenvalue weighted by molar-refractivity contribution is 0.0827. The summed E-state index contributed by atoms with van der Waals surface area (Å²) >= 11 is 0. The fraction of sp³-hybridized carbons (Fsp3) is 0.391. The molecule has 0 radical (unpaired) electrons. The third-order valence-corrected chi connectivity index (χ3v) is 4.87. The van der Waals surface area contributed by atoms with Crippen molar-refractivity contribution in [2.75, 3.05) is 39.1 Å². The zero-order valence-corrected chi connectivity index (χ0v) is 18.5. The van der Waals surface area contributed by atoms with Crippen LogP contribution in [0.2, 0.25) is 0 Å². The maximum absolute atomic E-state index is 14.4. The lowest BCUT2D eigenvalue weighted by Crippen LogP contribution is -2.36. The van der Waals surface area contributed by atoms with E-state index in [1.54, 1.807) is 32.1 Å². The van der Waals surface area contributed by atoms with Gasteiger partial charge in [0.2, 0.25) is 0 Å². The molecule has 0 saturated heterocycles. The number of rotatable bonds is 8. The van der Waals surface area contributed by atoms with E-state index in [1.807, 2.05) is 55.1 Å². The lowest BCUT2D eigenvalue weighted by atomic mass is 10.1. The van der Waals surface area contributed by atoms with Crippen LogP contribution in [0.5, 0.6) is 0 Å². The van der Waals surface area contributed by atoms with Crippen molar-refractivity contribution in [3.8, 4) is 0 Å². The van der Waals surface area contributed by atoms with E-state index in [1.165, 1.54) is 0 Å². The van der Waals surface area contributed by atoms with Crippen LogP contribution in [0.15, 0.2) is 47.5 Å². The Balaban J connectivity index is 1.91. The van der Waals surface area contributed by atoms with Crippen LogP contribution in [-0.4, -0.2) is 51.0 Å². The van der Waals surface area contributed by atoms with Gasteiger partial charge in [-0.2, -0.15) is 0 Å². The predicted octanol–water partition coefficient (Wildman–Crippen LogP) is 3.24. The molecule has 0 unspecified atom stereocenters. The Hall–Kier alpha value is -3.09. The second kappa shape index (κ2) is 11.2. The van der Waals surface area contributed by atoms with Crippen LogP contribution in [0.25, 0.3) is 0 Å². The Bertz CT molecular complexity index is 860. The number of aliphatic imine (C=N–C) groups is 1. The molecule has 30 heavy (non-hydrogen) atoms. The summed E-state index contributed by atoms with van der Waals surface area (Å²) in [7, 11) is 5.16. The molecule has 6 nitrogen and oxygen atoms in total. The standard InChI is InChI=1S/C23H32FN5O/c1-6-29(7-2)21-13-10-18(14-20(21)24)16-27-23(25-3)26-15-17-8-11-19(12-9-17)22(30)28(4)5/h8-14H,6-7,15-16H2,1-5H3,(H2,25,26,27). The van der Waals surface area contributed by atoms with Crippen LogP contribution in [0.1, 0.15) is 35.3 Å². The fourth-order valence-electron chi connectivity index (χ4n) is 3.10. The highest BCUT2D eigenvalue weighted by Gasteiger charge is 2.10. The third-order valence-electron chi connectivity index (χ3n) is 4.87. The second-order valence-electron chi connectivity index (χ2n) is 7.13. The highest BCUT2D eigenvalue weighted by atomic mass is 19.1. The third kappa shape index (κ3) is 6.20. The molecule has 2 aromatic carbocycles. The molecule has 2 rings (SSSR count). The van der Waals surface area contributed by atoms with E-state index in [9.17, 15) is 9.18 Å². The summed E-state index contributed by atoms with van der Waals surface area (Å²) in [6.45, 7) is 6.60. The average Bonchev–Trinajstić information content (AvgIpc) is 2.75. The Labute approximate surface area is 178 Å². The maximum atomic E-state index is 14.4. The van der Waals surface area contributed by atoms with Gasteiger partial charge in [-0.15, -0.1) is 0 Å². The first kappa shape index (κ1) is 23.2. The van der Waals surface area contributed by atoms with Crippen molar-refractivity contribution in [3.05, 3.63) is 65.0 Å². The molecule has 0 bridgehead atoms. The van der Waals surface area contributed by atoms with Gasteiger partial charge in [0, 0.05) is 52.9 Å². The van der Waals surface area contributed by atoms with E-state index < -0.39 is 0 Å². The van der Waals surface area contributed by atoms with E-state index in [-0.39, 0.29) is 11.7 Å². The number of hydrogen-bond acceptors (Lipinski definition) is 3. The number of carbonyl (C=O) groups excluding carboxylic acids is 1. The summed E-state index contributed by atoms with van der Waals surface area (Å²) < 4.78 is 14.4. The van der Waals surface area contributed by atoms with E-state index in [2.05, 4.69) is 15.6 Å². The number of anilines is 1. The largest absolute Gasteiger partial charge is 0.370 e. The molecular weight excluding hydrogens is 381 g/mol. The SMILES string of the molecule is CCN(CC)c1ccc(CNC(=NC)NCc2ccc(C(=O)N(C)C)cc2)cc1F. The molecule has 0 spiro atoms. The number of hydrogen-bond donors (Lipinski definition) is 2. The summed E-state index contributed by atoms with van der Waals surface area (Å²) in [4.78, 5) is 19.7. The molecule has 0 aliphatic rings. The predicted molar refractivity (Wildman–Crippen MR) is 121 cm³/mol. The summed E-state index contributed by atoms with van der Waals surface area (Å²) in [5, 5.41) is 6.43. The first-order valence-corrected chi connectivity index (χ1v) is 10.2. The molecule has 7 heteroatoms. The zero-order valence-electron chi connectivity index (χ0n) is 18.5. The zero-order chi connectivity index (χ0) is 22.1. The molecule has 2 N–H and O–H groups in total. The normalized spacial score (nSPS) is 11.2. The van der Waals surface area contributed by atoms with E-state index in [0.29, 0.717) is 30.3 Å². The van der Waals surface area contributed by atoms with E-state index in [4.69, 9.17) is 0 Å². The number of nitrogens with zero attached hydrogens (tertiary/aromatic N) is 3. The van der Waals surface area contributed by atoms with Crippen LogP contribution >= 0.6 is 0 Å². The second-order valence-corrected chi connectivity index (χ2v) is 7.13. The molecule has 0 fully saturated rings. The first-order chi connectivity index (χ1) is 14.4. The van der Waals surface area contributed by atoms with Gasteiger partial charge in [-0.05, 0) is 49.2 Å². The van der Waals surface area contributed by atoms with Crippen molar-refractivity contribution in [2.45, 2.75) is 26.9 Å². The van der Waals surface area contributed by atoms with E-state index >= 15 is 0 Å². The van der Waals surface area contributed by atoms with Crippen LogP contribution in [0.4, 0.5) is 10.1 Å². The molecule has 162 valence electrons. The minimum atomic E-state index is -0.215. The van der Waals surface area contributed by atoms with Crippen molar-refractivity contribution in [1.29, 1.82) is 0 Å². The molecule has 0 aromatic heterocycles. The summed E-state index contributed by atoms with van der Waals surface area (Å²) in [6, 6.07) is 12.8. The minimum Gasteiger partial charge on any atom is -0.370 e. The fourth-order valence-corrected chi connectivity index (χ4v) is 3.10. The van der Waals surface area contributed by atoms with Gasteiger partial charge in [0.25, 0.3) is 5.91 Å². The smallest absolute Gasteiger partial charge is 0.253 e. The van der Waals surface area contributed by atoms with Gasteiger partial charge < -0.3 is 20.4 Å². The molecule has 0 aliphatic heterocycles. The van der Waals surface area contributed by atoms with Gasteiger partial charge >= 0.3 is 0 Å². The van der Waals surface area contributed by atoms with Crippen LogP contribution < -0.4 is 15.5 Å². The van der Waals surface area contributed by atoms with Crippen molar-refractivity contribution in [1.82, 2.24) is 15.5 Å². The first-order valence-electron chi connectivity index (χ1n) is 10.2. The summed E-state index contributed by atoms with van der Waals surface area (Å²) in [5.41, 5.74) is 3.16. The van der Waals surface area contributed by atoms with Gasteiger partial charge in [-0.1, -0.05) is 18.2 Å². The highest BCUT2D eigenvalue weighted by molar-refractivity contribution is 5.93. The Morgan fingerprint density at radius 3 is 2.03 bits per heavy atom. The van der Waals surface area contributed by atoms with Crippen molar-refractivity contribution >= 4 is 17.6 Å². The van der Waals surface area contributed by atoms with Gasteiger partial charge in [0.15, 0.2) is 5.96 Å². The van der Waals surface area contributed by atoms with Crippen molar-refractivity contribution in [3.63, 3.8) is 0 Å². The summed E-state index contributed by atoms with van der Waals surface area (Å²) in [5.74, 6) is 0.385. The van der Waals surface area contributed by atoms with Gasteiger partial charge in [-0.3, -0.25) is 9.79 Å². The lowest BCUT2D eigenvalue weighted by Gasteiger charge is -2.22. The minimum absolute atomic E-state index is 0.0220. The number of benzene rings is 2. The molecule has 0 aliphatic carbocycles. The molecule has 0 saturated carbocycles. The number of amides is 1. The van der Waals surface area contributed by atoms with Crippen LogP contribution in [0.3, 0.4) is 0 Å². The molecule has 1 amide bonds. The van der Waals surface area contributed by atoms with Gasteiger partial charge in [0.05, 0.1) is 5.69 Å². The Kier molecular flexibility index (Phi) is 8.65. The van der Waals surface area contributed by atoms with Gasteiger partial charge in [0.1, 0.15) is 5.82 Å². The monoisotopic (exact) mass is 413 g/mol. The Morgan fingerprint density at radius 2 is 1.53 bits per heavy atom. The number of halogens is 1. The number of nitrogens with one attached hydrogen (secondary N) is 2. The highest BCUT2D eigenvalue weighted by Crippen LogP contribution is 2.20. The maximum Gasteiger partial charge on any atom is 0.253 e. The molecule has 2 aromatic rings. The van der Waals surface area contributed by atoms with E-state index in [0.717, 1.165) is 24.2 Å². The number of carbonyl (C=O) groups is 1. The quantitative estimate of drug-likeness (QED) is 0.515. The van der Waals surface area contributed by atoms with Crippen LogP contribution in [0, 0.1) is 5.82 Å². The molecule has 0 heterocycles. The average molecular weight is 414 g/mol. The van der Waals surface area contributed by atoms with Crippen molar-refractivity contribution < 1.29 is 9.18 Å². The molecular formula is C23H32FN5O. The van der Waals surface area contributed by atoms with Crippen molar-refractivity contribution in [2.24, 2.45) is 4.99 Å². The van der Waals surface area contributed by atoms with Gasteiger partial charge in [-0.25, -0.2) is 4.39 Å².